The van der Waals surface area contributed by atoms with E-state index in [-0.39, 0.29) is 17.8 Å². The number of morpholine rings is 1. The summed E-state index contributed by atoms with van der Waals surface area (Å²) in [5.41, 5.74) is 5.52. The molecule has 2 aliphatic rings. The quantitative estimate of drug-likeness (QED) is 0.335. The molecule has 114 valence electrons. The summed E-state index contributed by atoms with van der Waals surface area (Å²) >= 11 is 0. The third kappa shape index (κ3) is 4.08. The first kappa shape index (κ1) is 15.1. The molecule has 0 spiro atoms. The highest BCUT2D eigenvalue weighted by atomic mass is 16.5. The molecule has 0 aliphatic carbocycles. The van der Waals surface area contributed by atoms with Gasteiger partial charge in [-0.1, -0.05) is 5.16 Å². The predicted octanol–water partition coefficient (Wildman–Crippen LogP) is 0.309. The number of carbonyl (C=O) groups is 1. The lowest BCUT2D eigenvalue weighted by Gasteiger charge is -2.32. The maximum absolute atomic E-state index is 12.2. The molecule has 2 aliphatic heterocycles. The Bertz CT molecular complexity index is 356. The third-order valence-corrected chi connectivity index (χ3v) is 3.82. The molecule has 2 rings (SSSR count). The number of amides is 1. The van der Waals surface area contributed by atoms with Gasteiger partial charge in [0.15, 0.2) is 5.84 Å². The van der Waals surface area contributed by atoms with Crippen molar-refractivity contribution in [1.82, 2.24) is 4.90 Å². The van der Waals surface area contributed by atoms with Crippen LogP contribution in [0.2, 0.25) is 0 Å². The number of hydrogen-bond donors (Lipinski definition) is 2. The standard InChI is InChI=1S/C13H23N3O4/c14-13(15-18)11-9-16(6-8-20-11)12(17)5-4-10-3-1-2-7-19-10/h10-11,18H,1-9H2,(H2,14,15). The monoisotopic (exact) mass is 285 g/mol. The fourth-order valence-electron chi connectivity index (χ4n) is 2.60. The molecule has 0 aromatic rings. The van der Waals surface area contributed by atoms with Crippen molar-refractivity contribution in [3.05, 3.63) is 0 Å². The number of nitrogens with two attached hydrogens (primary N) is 1. The Labute approximate surface area is 118 Å². The van der Waals surface area contributed by atoms with E-state index in [1.807, 2.05) is 0 Å². The fraction of sp³-hybridized carbons (Fsp3) is 0.846. The van der Waals surface area contributed by atoms with E-state index in [0.29, 0.717) is 26.1 Å². The van der Waals surface area contributed by atoms with Crippen molar-refractivity contribution in [2.24, 2.45) is 10.9 Å². The van der Waals surface area contributed by atoms with Crippen LogP contribution in [0.1, 0.15) is 32.1 Å². The Morgan fingerprint density at radius 1 is 1.35 bits per heavy atom. The summed E-state index contributed by atoms with van der Waals surface area (Å²) < 4.78 is 11.0. The second-order valence-electron chi connectivity index (χ2n) is 5.25. The number of amidine groups is 1. The van der Waals surface area contributed by atoms with E-state index in [0.717, 1.165) is 25.9 Å². The van der Waals surface area contributed by atoms with Gasteiger partial charge in [0.05, 0.1) is 19.3 Å². The van der Waals surface area contributed by atoms with Gasteiger partial charge in [-0.2, -0.15) is 0 Å². The molecule has 2 atom stereocenters. The SMILES string of the molecule is NC(=NO)C1CN(C(=O)CCC2CCCCO2)CCO1. The smallest absolute Gasteiger partial charge is 0.222 e. The maximum Gasteiger partial charge on any atom is 0.222 e. The zero-order valence-corrected chi connectivity index (χ0v) is 11.7. The average molecular weight is 285 g/mol. The first-order valence-corrected chi connectivity index (χ1v) is 7.19. The van der Waals surface area contributed by atoms with Crippen molar-refractivity contribution < 1.29 is 19.5 Å². The molecule has 2 unspecified atom stereocenters. The van der Waals surface area contributed by atoms with E-state index in [4.69, 9.17) is 20.4 Å². The Kier molecular flexibility index (Phi) is 5.60. The number of carbonyl (C=O) groups excluding carboxylic acids is 1. The predicted molar refractivity (Wildman–Crippen MR) is 72.6 cm³/mol. The van der Waals surface area contributed by atoms with Gasteiger partial charge < -0.3 is 25.3 Å². The number of ether oxygens (including phenoxy) is 2. The van der Waals surface area contributed by atoms with Crippen LogP contribution in [-0.2, 0) is 14.3 Å². The molecule has 2 fully saturated rings. The summed E-state index contributed by atoms with van der Waals surface area (Å²) in [4.78, 5) is 13.9. The molecular weight excluding hydrogens is 262 g/mol. The Hall–Kier alpha value is -1.34. The fourth-order valence-corrected chi connectivity index (χ4v) is 2.60. The zero-order chi connectivity index (χ0) is 14.4. The zero-order valence-electron chi connectivity index (χ0n) is 11.7. The van der Waals surface area contributed by atoms with Crippen molar-refractivity contribution in [2.75, 3.05) is 26.3 Å². The molecule has 0 aromatic heterocycles. The minimum Gasteiger partial charge on any atom is -0.409 e. The van der Waals surface area contributed by atoms with E-state index in [9.17, 15) is 4.79 Å². The second kappa shape index (κ2) is 7.44. The van der Waals surface area contributed by atoms with E-state index >= 15 is 0 Å². The molecule has 7 nitrogen and oxygen atoms in total. The highest BCUT2D eigenvalue weighted by molar-refractivity contribution is 5.85. The van der Waals surface area contributed by atoms with Gasteiger partial charge in [0, 0.05) is 19.6 Å². The van der Waals surface area contributed by atoms with Crippen molar-refractivity contribution in [3.8, 4) is 0 Å². The van der Waals surface area contributed by atoms with Gasteiger partial charge in [0.25, 0.3) is 0 Å². The molecule has 2 heterocycles. The molecular formula is C13H23N3O4. The molecule has 7 heteroatoms. The molecule has 3 N–H and O–H groups in total. The van der Waals surface area contributed by atoms with Crippen LogP contribution in [0.4, 0.5) is 0 Å². The van der Waals surface area contributed by atoms with Crippen LogP contribution in [-0.4, -0.2) is 60.4 Å². The van der Waals surface area contributed by atoms with Crippen LogP contribution in [0.5, 0.6) is 0 Å². The summed E-state index contributed by atoms with van der Waals surface area (Å²) in [6.45, 7) is 2.12. The van der Waals surface area contributed by atoms with Crippen molar-refractivity contribution in [1.29, 1.82) is 0 Å². The first-order valence-electron chi connectivity index (χ1n) is 7.19. The highest BCUT2D eigenvalue weighted by Crippen LogP contribution is 2.18. The van der Waals surface area contributed by atoms with Crippen LogP contribution in [0, 0.1) is 0 Å². The molecule has 0 aromatic carbocycles. The number of rotatable bonds is 4. The largest absolute Gasteiger partial charge is 0.409 e. The number of hydrogen-bond acceptors (Lipinski definition) is 5. The third-order valence-electron chi connectivity index (χ3n) is 3.82. The molecule has 0 saturated carbocycles. The molecule has 0 radical (unpaired) electrons. The van der Waals surface area contributed by atoms with Gasteiger partial charge in [-0.15, -0.1) is 0 Å². The second-order valence-corrected chi connectivity index (χ2v) is 5.25. The van der Waals surface area contributed by atoms with Gasteiger partial charge in [-0.05, 0) is 25.7 Å². The topological polar surface area (TPSA) is 97.4 Å². The van der Waals surface area contributed by atoms with Crippen LogP contribution < -0.4 is 5.73 Å². The van der Waals surface area contributed by atoms with Crippen LogP contribution in [0.3, 0.4) is 0 Å². The van der Waals surface area contributed by atoms with E-state index in [2.05, 4.69) is 5.16 Å². The van der Waals surface area contributed by atoms with Gasteiger partial charge in [0.2, 0.25) is 5.91 Å². The Balaban J connectivity index is 1.76. The van der Waals surface area contributed by atoms with Crippen molar-refractivity contribution in [3.63, 3.8) is 0 Å². The number of nitrogens with zero attached hydrogens (tertiary/aromatic N) is 2. The number of oxime groups is 1. The van der Waals surface area contributed by atoms with Gasteiger partial charge in [0.1, 0.15) is 6.10 Å². The van der Waals surface area contributed by atoms with E-state index in [1.54, 1.807) is 4.90 Å². The molecule has 0 bridgehead atoms. The molecule has 1 amide bonds. The lowest BCUT2D eigenvalue weighted by molar-refractivity contribution is -0.137. The summed E-state index contributed by atoms with van der Waals surface area (Å²) in [7, 11) is 0. The van der Waals surface area contributed by atoms with Crippen LogP contribution >= 0.6 is 0 Å². The van der Waals surface area contributed by atoms with Crippen molar-refractivity contribution in [2.45, 2.75) is 44.3 Å². The summed E-state index contributed by atoms with van der Waals surface area (Å²) in [5.74, 6) is 0.0938. The minimum absolute atomic E-state index is 0.0121. The average Bonchev–Trinajstić information content (AvgIpc) is 2.53. The van der Waals surface area contributed by atoms with E-state index in [1.165, 1.54) is 6.42 Å². The Morgan fingerprint density at radius 2 is 2.20 bits per heavy atom. The maximum atomic E-state index is 12.2. The van der Waals surface area contributed by atoms with Crippen molar-refractivity contribution >= 4 is 11.7 Å². The lowest BCUT2D eigenvalue weighted by atomic mass is 10.0. The first-order chi connectivity index (χ1) is 9.70. The van der Waals surface area contributed by atoms with Gasteiger partial charge in [-0.25, -0.2) is 0 Å². The normalized spacial score (nSPS) is 28.4. The molecule has 2 saturated heterocycles. The molecule has 20 heavy (non-hydrogen) atoms. The minimum atomic E-state index is -0.511. The summed E-state index contributed by atoms with van der Waals surface area (Å²) in [5, 5.41) is 11.6. The lowest BCUT2D eigenvalue weighted by Crippen LogP contribution is -2.50. The van der Waals surface area contributed by atoms with Crippen LogP contribution in [0.15, 0.2) is 5.16 Å². The van der Waals surface area contributed by atoms with E-state index < -0.39 is 6.10 Å². The van der Waals surface area contributed by atoms with Gasteiger partial charge >= 0.3 is 0 Å². The summed E-state index contributed by atoms with van der Waals surface area (Å²) in [6.07, 6.45) is 4.30. The van der Waals surface area contributed by atoms with Crippen LogP contribution in [0.25, 0.3) is 0 Å². The summed E-state index contributed by atoms with van der Waals surface area (Å²) in [6, 6.07) is 0. The highest BCUT2D eigenvalue weighted by Gasteiger charge is 2.27. The Morgan fingerprint density at radius 3 is 2.90 bits per heavy atom. The van der Waals surface area contributed by atoms with Gasteiger partial charge in [-0.3, -0.25) is 4.79 Å².